The van der Waals surface area contributed by atoms with Gasteiger partial charge in [-0.2, -0.15) is 0 Å². The Morgan fingerprint density at radius 1 is 1.19 bits per heavy atom. The number of urea groups is 1. The second-order valence-electron chi connectivity index (χ2n) is 5.86. The third-order valence-electron chi connectivity index (χ3n) is 4.14. The highest BCUT2D eigenvalue weighted by Gasteiger charge is 2.22. The average molecular weight is 290 g/mol. The number of carbonyl (C=O) groups excluding carboxylic acids is 2. The van der Waals surface area contributed by atoms with E-state index < -0.39 is 6.03 Å². The van der Waals surface area contributed by atoms with Crippen molar-refractivity contribution in [3.8, 4) is 0 Å². The highest BCUT2D eigenvalue weighted by atomic mass is 16.2. The minimum Gasteiger partial charge on any atom is -0.351 e. The fourth-order valence-corrected chi connectivity index (χ4v) is 2.90. The van der Waals surface area contributed by atoms with Crippen molar-refractivity contribution in [1.29, 1.82) is 0 Å². The van der Waals surface area contributed by atoms with E-state index in [9.17, 15) is 9.59 Å². The molecule has 5 heteroatoms. The van der Waals surface area contributed by atoms with Crippen LogP contribution in [-0.4, -0.2) is 18.0 Å². The van der Waals surface area contributed by atoms with Crippen LogP contribution in [0.15, 0.2) is 18.2 Å². The minimum absolute atomic E-state index is 0.158. The van der Waals surface area contributed by atoms with Gasteiger partial charge in [0.1, 0.15) is 6.04 Å². The van der Waals surface area contributed by atoms with E-state index in [-0.39, 0.29) is 18.0 Å². The van der Waals surface area contributed by atoms with Gasteiger partial charge in [0.2, 0.25) is 0 Å². The number of hydrogen-bond acceptors (Lipinski definition) is 2. The fraction of sp³-hybridized carbons (Fsp3) is 0.500. The summed E-state index contributed by atoms with van der Waals surface area (Å²) < 4.78 is 0. The summed E-state index contributed by atoms with van der Waals surface area (Å²) in [5.41, 5.74) is 9.08. The van der Waals surface area contributed by atoms with Gasteiger partial charge >= 0.3 is 6.03 Å². The van der Waals surface area contributed by atoms with E-state index in [0.29, 0.717) is 0 Å². The van der Waals surface area contributed by atoms with E-state index in [1.165, 1.54) is 36.0 Å². The number of nitrogens with one attached hydrogen (secondary N) is 1. The van der Waals surface area contributed by atoms with Crippen molar-refractivity contribution >= 4 is 11.9 Å². The van der Waals surface area contributed by atoms with Gasteiger partial charge in [-0.25, -0.2) is 4.79 Å². The molecule has 114 valence electrons. The molecule has 5 nitrogen and oxygen atoms in total. The van der Waals surface area contributed by atoms with Crippen LogP contribution in [0.2, 0.25) is 0 Å². The summed E-state index contributed by atoms with van der Waals surface area (Å²) in [5, 5.41) is 4.07. The number of rotatable bonds is 4. The average Bonchev–Trinajstić information content (AvgIpc) is 2.45. The molecule has 0 fully saturated rings. The number of aryl methyl sites for hydroxylation is 2. The number of carbonyl (C=O) groups is 2. The second kappa shape index (κ2) is 6.72. The third kappa shape index (κ3) is 4.04. The van der Waals surface area contributed by atoms with Crippen molar-refractivity contribution in [3.05, 3.63) is 34.9 Å². The van der Waals surface area contributed by atoms with Crippen molar-refractivity contribution in [2.24, 2.45) is 5.73 Å². The number of nitrogens with two attached hydrogens (primary N) is 2. The Labute approximate surface area is 125 Å². The smallest absolute Gasteiger partial charge is 0.319 e. The van der Waals surface area contributed by atoms with E-state index in [1.807, 2.05) is 5.32 Å². The first kappa shape index (κ1) is 15.5. The molecule has 0 aromatic heterocycles. The molecule has 0 spiro atoms. The molecule has 0 unspecified atom stereocenters. The van der Waals surface area contributed by atoms with Crippen LogP contribution in [0.4, 0.5) is 4.79 Å². The molecule has 1 aliphatic rings. The van der Waals surface area contributed by atoms with Crippen molar-refractivity contribution in [1.82, 2.24) is 5.32 Å². The Morgan fingerprint density at radius 2 is 1.86 bits per heavy atom. The van der Waals surface area contributed by atoms with E-state index in [4.69, 9.17) is 5.73 Å². The van der Waals surface area contributed by atoms with Crippen LogP contribution in [0.25, 0.3) is 0 Å². The minimum atomic E-state index is -0.804. The molecule has 1 aliphatic carbocycles. The number of hydrogen-bond donors (Lipinski definition) is 3. The van der Waals surface area contributed by atoms with Gasteiger partial charge in [-0.1, -0.05) is 12.1 Å². The zero-order valence-electron chi connectivity index (χ0n) is 12.7. The van der Waals surface area contributed by atoms with E-state index in [0.717, 1.165) is 6.42 Å². The standard InChI is InChI=1S/C16H23N3O2/c1-10(18-11(2)15(20)19-16(17)21)13-8-7-12-5-3-4-6-14(12)9-13/h7-11,18H,3-6H2,1-2H3,(H3,17,19,20,21)/p+1/t10-,11-/m1/s1. The Bertz CT molecular complexity index is 542. The predicted octanol–water partition coefficient (Wildman–Crippen LogP) is 0.773. The summed E-state index contributed by atoms with van der Waals surface area (Å²) in [6.45, 7) is 3.84. The predicted molar refractivity (Wildman–Crippen MR) is 80.6 cm³/mol. The number of amides is 3. The normalized spacial score (nSPS) is 16.7. The molecule has 0 aliphatic heterocycles. The SMILES string of the molecule is C[C@@H]([NH2+][C@H](C)c1ccc2c(c1)CCCC2)C(=O)NC(N)=O. The Balaban J connectivity index is 2.01. The van der Waals surface area contributed by atoms with Crippen LogP contribution >= 0.6 is 0 Å². The first-order valence-electron chi connectivity index (χ1n) is 7.54. The number of primary amides is 1. The van der Waals surface area contributed by atoms with Gasteiger partial charge in [0, 0.05) is 5.56 Å². The molecule has 2 rings (SSSR count). The number of quaternary nitrogens is 1. The highest BCUT2D eigenvalue weighted by molar-refractivity contribution is 5.95. The Kier molecular flexibility index (Phi) is 4.96. The monoisotopic (exact) mass is 290 g/mol. The summed E-state index contributed by atoms with van der Waals surface area (Å²) in [6, 6.07) is 5.61. The van der Waals surface area contributed by atoms with Gasteiger partial charge in [0.25, 0.3) is 5.91 Å². The van der Waals surface area contributed by atoms with Crippen LogP contribution in [0.1, 0.15) is 49.4 Å². The van der Waals surface area contributed by atoms with E-state index in [2.05, 4.69) is 30.4 Å². The molecule has 0 bridgehead atoms. The third-order valence-corrected chi connectivity index (χ3v) is 4.14. The topological polar surface area (TPSA) is 88.8 Å². The highest BCUT2D eigenvalue weighted by Crippen LogP contribution is 2.23. The van der Waals surface area contributed by atoms with Gasteiger partial charge in [0.15, 0.2) is 6.04 Å². The zero-order valence-corrected chi connectivity index (χ0v) is 12.7. The van der Waals surface area contributed by atoms with Crippen LogP contribution in [-0.2, 0) is 17.6 Å². The largest absolute Gasteiger partial charge is 0.351 e. The molecule has 0 saturated carbocycles. The van der Waals surface area contributed by atoms with Gasteiger partial charge in [-0.15, -0.1) is 0 Å². The first-order chi connectivity index (χ1) is 9.97. The van der Waals surface area contributed by atoms with Crippen molar-refractivity contribution in [2.75, 3.05) is 0 Å². The lowest BCUT2D eigenvalue weighted by molar-refractivity contribution is -0.710. The molecule has 3 amide bonds. The van der Waals surface area contributed by atoms with E-state index in [1.54, 1.807) is 6.92 Å². The zero-order chi connectivity index (χ0) is 15.4. The number of fused-ring (bicyclic) bond motifs is 1. The molecule has 1 aromatic rings. The maximum Gasteiger partial charge on any atom is 0.319 e. The number of imide groups is 1. The molecule has 2 atom stereocenters. The lowest BCUT2D eigenvalue weighted by Crippen LogP contribution is -2.92. The lowest BCUT2D eigenvalue weighted by atomic mass is 9.89. The lowest BCUT2D eigenvalue weighted by Gasteiger charge is -2.20. The van der Waals surface area contributed by atoms with Crippen molar-refractivity contribution < 1.29 is 14.9 Å². The van der Waals surface area contributed by atoms with Crippen LogP contribution in [0.3, 0.4) is 0 Å². The van der Waals surface area contributed by atoms with Gasteiger partial charge < -0.3 is 11.1 Å². The second-order valence-corrected chi connectivity index (χ2v) is 5.86. The molecule has 0 heterocycles. The summed E-state index contributed by atoms with van der Waals surface area (Å²) in [4.78, 5) is 22.4. The molecule has 21 heavy (non-hydrogen) atoms. The van der Waals surface area contributed by atoms with Gasteiger partial charge in [0.05, 0.1) is 0 Å². The maximum atomic E-state index is 11.7. The maximum absolute atomic E-state index is 11.7. The molecule has 0 saturated heterocycles. The van der Waals surface area contributed by atoms with Gasteiger partial charge in [-0.3, -0.25) is 10.1 Å². The Hall–Kier alpha value is -1.88. The van der Waals surface area contributed by atoms with Gasteiger partial charge in [-0.05, 0) is 56.7 Å². The summed E-state index contributed by atoms with van der Waals surface area (Å²) >= 11 is 0. The molecular weight excluding hydrogens is 266 g/mol. The van der Waals surface area contributed by atoms with E-state index >= 15 is 0 Å². The fourth-order valence-electron chi connectivity index (χ4n) is 2.90. The number of benzene rings is 1. The molecular formula is C16H24N3O2+. The summed E-state index contributed by atoms with van der Waals surface area (Å²) in [5.74, 6) is -0.354. The van der Waals surface area contributed by atoms with Crippen molar-refractivity contribution in [3.63, 3.8) is 0 Å². The van der Waals surface area contributed by atoms with Crippen LogP contribution in [0.5, 0.6) is 0 Å². The van der Waals surface area contributed by atoms with Crippen LogP contribution < -0.4 is 16.4 Å². The quantitative estimate of drug-likeness (QED) is 0.765. The summed E-state index contributed by atoms with van der Waals surface area (Å²) in [7, 11) is 0. The summed E-state index contributed by atoms with van der Waals surface area (Å²) in [6.07, 6.45) is 4.85. The van der Waals surface area contributed by atoms with Crippen molar-refractivity contribution in [2.45, 2.75) is 51.6 Å². The molecule has 0 radical (unpaired) electrons. The molecule has 1 aromatic carbocycles. The molecule has 5 N–H and O–H groups in total. The van der Waals surface area contributed by atoms with Crippen LogP contribution in [0, 0.1) is 0 Å². The Morgan fingerprint density at radius 3 is 2.52 bits per heavy atom. The first-order valence-corrected chi connectivity index (χ1v) is 7.54.